The molecule has 1 amide bonds. The fourth-order valence-corrected chi connectivity index (χ4v) is 2.85. The van der Waals surface area contributed by atoms with Crippen molar-refractivity contribution in [1.82, 2.24) is 14.7 Å². The minimum atomic E-state index is -0.547. The summed E-state index contributed by atoms with van der Waals surface area (Å²) in [6.07, 6.45) is 5.74. The van der Waals surface area contributed by atoms with E-state index in [0.29, 0.717) is 6.04 Å². The van der Waals surface area contributed by atoms with Gasteiger partial charge in [-0.3, -0.25) is 9.59 Å². The summed E-state index contributed by atoms with van der Waals surface area (Å²) in [4.78, 5) is 26.2. The molecule has 1 aliphatic rings. The molecule has 5 heteroatoms. The molecule has 0 radical (unpaired) electrons. The van der Waals surface area contributed by atoms with Crippen molar-refractivity contribution in [3.8, 4) is 0 Å². The predicted molar refractivity (Wildman–Crippen MR) is 77.6 cm³/mol. The standard InChI is InChI=1S/C15H23N3O2/c1-11-9-10-14(19)18(16-11)12(2)15(20)17(3)13-7-5-4-6-8-13/h9-10,12-13H,4-8H2,1-3H3. The first-order valence-electron chi connectivity index (χ1n) is 7.34. The van der Waals surface area contributed by atoms with Crippen LogP contribution < -0.4 is 5.56 Å². The highest BCUT2D eigenvalue weighted by atomic mass is 16.2. The molecule has 0 saturated heterocycles. The van der Waals surface area contributed by atoms with Gasteiger partial charge in [0, 0.05) is 19.2 Å². The van der Waals surface area contributed by atoms with E-state index in [1.165, 1.54) is 30.0 Å². The zero-order valence-corrected chi connectivity index (χ0v) is 12.5. The lowest BCUT2D eigenvalue weighted by Crippen LogP contribution is -2.43. The van der Waals surface area contributed by atoms with Crippen molar-refractivity contribution in [1.29, 1.82) is 0 Å². The average molecular weight is 277 g/mol. The molecule has 2 rings (SSSR count). The highest BCUT2D eigenvalue weighted by Gasteiger charge is 2.27. The molecule has 1 unspecified atom stereocenters. The molecule has 0 bridgehead atoms. The summed E-state index contributed by atoms with van der Waals surface area (Å²) in [6.45, 7) is 3.56. The summed E-state index contributed by atoms with van der Waals surface area (Å²) in [5, 5.41) is 4.18. The maximum absolute atomic E-state index is 12.5. The Morgan fingerprint density at radius 3 is 2.65 bits per heavy atom. The van der Waals surface area contributed by atoms with Crippen molar-refractivity contribution < 1.29 is 4.79 Å². The van der Waals surface area contributed by atoms with Crippen LogP contribution in [-0.4, -0.2) is 33.7 Å². The monoisotopic (exact) mass is 277 g/mol. The zero-order valence-electron chi connectivity index (χ0n) is 12.5. The fraction of sp³-hybridized carbons (Fsp3) is 0.667. The van der Waals surface area contributed by atoms with Crippen molar-refractivity contribution in [3.05, 3.63) is 28.2 Å². The van der Waals surface area contributed by atoms with Crippen molar-refractivity contribution >= 4 is 5.91 Å². The van der Waals surface area contributed by atoms with E-state index in [4.69, 9.17) is 0 Å². The first-order chi connectivity index (χ1) is 9.50. The van der Waals surface area contributed by atoms with Crippen LogP contribution in [0.5, 0.6) is 0 Å². The van der Waals surface area contributed by atoms with Gasteiger partial charge in [-0.2, -0.15) is 5.10 Å². The van der Waals surface area contributed by atoms with Crippen LogP contribution in [0, 0.1) is 6.92 Å². The Bertz CT molecular complexity index is 532. The first-order valence-corrected chi connectivity index (χ1v) is 7.34. The van der Waals surface area contributed by atoms with Gasteiger partial charge in [0.15, 0.2) is 0 Å². The minimum Gasteiger partial charge on any atom is -0.341 e. The maximum Gasteiger partial charge on any atom is 0.267 e. The molecular formula is C15H23N3O2. The third-order valence-electron chi connectivity index (χ3n) is 4.15. The molecule has 1 aromatic rings. The number of amides is 1. The number of likely N-dealkylation sites (N-methyl/N-ethyl adjacent to an activating group) is 1. The van der Waals surface area contributed by atoms with Gasteiger partial charge in [-0.05, 0) is 32.8 Å². The Kier molecular flexibility index (Phi) is 4.57. The lowest BCUT2D eigenvalue weighted by atomic mass is 9.94. The van der Waals surface area contributed by atoms with Crippen LogP contribution in [0.4, 0.5) is 0 Å². The van der Waals surface area contributed by atoms with E-state index in [-0.39, 0.29) is 11.5 Å². The van der Waals surface area contributed by atoms with Crippen LogP contribution in [-0.2, 0) is 4.79 Å². The number of nitrogens with zero attached hydrogens (tertiary/aromatic N) is 3. The molecule has 1 heterocycles. The normalized spacial score (nSPS) is 17.8. The molecule has 0 N–H and O–H groups in total. The number of carbonyl (C=O) groups is 1. The SMILES string of the molecule is Cc1ccc(=O)n(C(C)C(=O)N(C)C2CCCCC2)n1. The molecule has 5 nitrogen and oxygen atoms in total. The first kappa shape index (κ1) is 14.8. The largest absolute Gasteiger partial charge is 0.341 e. The van der Waals surface area contributed by atoms with Crippen LogP contribution in [0.1, 0.15) is 50.8 Å². The smallest absolute Gasteiger partial charge is 0.267 e. The maximum atomic E-state index is 12.5. The van der Waals surface area contributed by atoms with E-state index in [1.54, 1.807) is 17.9 Å². The summed E-state index contributed by atoms with van der Waals surface area (Å²) in [5.41, 5.74) is 0.512. The third kappa shape index (κ3) is 3.08. The van der Waals surface area contributed by atoms with Crippen LogP contribution in [0.15, 0.2) is 16.9 Å². The van der Waals surface area contributed by atoms with Crippen molar-refractivity contribution in [2.75, 3.05) is 7.05 Å². The number of carbonyl (C=O) groups excluding carboxylic acids is 1. The number of hydrogen-bond acceptors (Lipinski definition) is 3. The molecule has 1 fully saturated rings. The number of rotatable bonds is 3. The van der Waals surface area contributed by atoms with Gasteiger partial charge in [-0.15, -0.1) is 0 Å². The number of hydrogen-bond donors (Lipinski definition) is 0. The quantitative estimate of drug-likeness (QED) is 0.848. The Morgan fingerprint density at radius 1 is 1.35 bits per heavy atom. The molecule has 0 spiro atoms. The van der Waals surface area contributed by atoms with Gasteiger partial charge in [0.2, 0.25) is 5.91 Å². The van der Waals surface area contributed by atoms with Crippen molar-refractivity contribution in [2.45, 2.75) is 58.0 Å². The lowest BCUT2D eigenvalue weighted by Gasteiger charge is -2.33. The Balaban J connectivity index is 2.15. The molecule has 0 aromatic carbocycles. The zero-order chi connectivity index (χ0) is 14.7. The molecule has 110 valence electrons. The van der Waals surface area contributed by atoms with Gasteiger partial charge >= 0.3 is 0 Å². The highest BCUT2D eigenvalue weighted by Crippen LogP contribution is 2.23. The predicted octanol–water partition coefficient (Wildman–Crippen LogP) is 1.90. The molecule has 1 atom stereocenters. The summed E-state index contributed by atoms with van der Waals surface area (Å²) in [5.74, 6) is -0.0305. The summed E-state index contributed by atoms with van der Waals surface area (Å²) in [6, 6.07) is 2.89. The molecule has 20 heavy (non-hydrogen) atoms. The topological polar surface area (TPSA) is 55.2 Å². The Labute approximate surface area is 119 Å². The van der Waals surface area contributed by atoms with Gasteiger partial charge < -0.3 is 4.90 Å². The van der Waals surface area contributed by atoms with Crippen LogP contribution >= 0.6 is 0 Å². The second-order valence-electron chi connectivity index (χ2n) is 5.67. The third-order valence-corrected chi connectivity index (χ3v) is 4.15. The van der Waals surface area contributed by atoms with E-state index in [9.17, 15) is 9.59 Å². The molecule has 1 aromatic heterocycles. The average Bonchev–Trinajstić information content (AvgIpc) is 2.48. The number of aromatic nitrogens is 2. The van der Waals surface area contributed by atoms with Gasteiger partial charge in [-0.25, -0.2) is 4.68 Å². The van der Waals surface area contributed by atoms with Gasteiger partial charge in [0.05, 0.1) is 5.69 Å². The lowest BCUT2D eigenvalue weighted by molar-refractivity contribution is -0.136. The summed E-state index contributed by atoms with van der Waals surface area (Å²) in [7, 11) is 1.84. The molecule has 1 saturated carbocycles. The van der Waals surface area contributed by atoms with E-state index in [1.807, 2.05) is 14.0 Å². The number of aryl methyl sites for hydroxylation is 1. The van der Waals surface area contributed by atoms with E-state index in [0.717, 1.165) is 18.5 Å². The molecular weight excluding hydrogens is 254 g/mol. The van der Waals surface area contributed by atoms with Crippen LogP contribution in [0.2, 0.25) is 0 Å². The van der Waals surface area contributed by atoms with E-state index < -0.39 is 6.04 Å². The highest BCUT2D eigenvalue weighted by molar-refractivity contribution is 5.80. The van der Waals surface area contributed by atoms with Crippen molar-refractivity contribution in [2.24, 2.45) is 0 Å². The van der Waals surface area contributed by atoms with Gasteiger partial charge in [0.25, 0.3) is 5.56 Å². The van der Waals surface area contributed by atoms with Gasteiger partial charge in [0.1, 0.15) is 6.04 Å². The molecule has 0 aliphatic heterocycles. The second-order valence-corrected chi connectivity index (χ2v) is 5.67. The Morgan fingerprint density at radius 2 is 2.00 bits per heavy atom. The fourth-order valence-electron chi connectivity index (χ4n) is 2.85. The van der Waals surface area contributed by atoms with Crippen LogP contribution in [0.25, 0.3) is 0 Å². The van der Waals surface area contributed by atoms with Crippen molar-refractivity contribution in [3.63, 3.8) is 0 Å². The van der Waals surface area contributed by atoms with Crippen LogP contribution in [0.3, 0.4) is 0 Å². The molecule has 1 aliphatic carbocycles. The van der Waals surface area contributed by atoms with Gasteiger partial charge in [-0.1, -0.05) is 19.3 Å². The van der Waals surface area contributed by atoms with E-state index >= 15 is 0 Å². The summed E-state index contributed by atoms with van der Waals surface area (Å²) >= 11 is 0. The van der Waals surface area contributed by atoms with E-state index in [2.05, 4.69) is 5.10 Å². The summed E-state index contributed by atoms with van der Waals surface area (Å²) < 4.78 is 1.29. The second kappa shape index (κ2) is 6.20. The minimum absolute atomic E-state index is 0.0305. The Hall–Kier alpha value is -1.65.